The van der Waals surface area contributed by atoms with E-state index in [1.165, 1.54) is 12.1 Å². The first-order valence-electron chi connectivity index (χ1n) is 10.9. The number of benzene rings is 2. The number of aromatic hydroxyl groups is 1. The molecule has 2 aromatic rings. The molecule has 0 radical (unpaired) electrons. The molecule has 9 nitrogen and oxygen atoms in total. The van der Waals surface area contributed by atoms with Gasteiger partial charge in [-0.3, -0.25) is 9.59 Å². The van der Waals surface area contributed by atoms with E-state index in [2.05, 4.69) is 10.6 Å². The third kappa shape index (κ3) is 8.91. The van der Waals surface area contributed by atoms with Crippen molar-refractivity contribution in [2.24, 2.45) is 11.5 Å². The van der Waals surface area contributed by atoms with Gasteiger partial charge in [-0.25, -0.2) is 4.79 Å². The zero-order valence-electron chi connectivity index (χ0n) is 18.4. The Labute approximate surface area is 193 Å². The standard InChI is InChI=1S/C24H32N4O5/c25-13-5-4-8-20(24(32)33)27-23(31)21(15-16-6-2-1-3-7-16)28-22(30)19(26)14-17-9-11-18(29)12-10-17/h1-3,6-7,9-12,19-21,29H,4-5,8,13-15,25-26H2,(H,27,31)(H,28,30)(H,32,33)/t19-,20-,21-/m1/s1. The van der Waals surface area contributed by atoms with Crippen molar-refractivity contribution in [1.29, 1.82) is 0 Å². The highest BCUT2D eigenvalue weighted by atomic mass is 16.4. The number of amides is 2. The lowest BCUT2D eigenvalue weighted by Crippen LogP contribution is -2.55. The van der Waals surface area contributed by atoms with Crippen LogP contribution in [0.4, 0.5) is 0 Å². The molecule has 178 valence electrons. The molecule has 2 amide bonds. The fourth-order valence-electron chi connectivity index (χ4n) is 3.34. The molecule has 8 N–H and O–H groups in total. The molecule has 0 aliphatic carbocycles. The summed E-state index contributed by atoms with van der Waals surface area (Å²) in [5.74, 6) is -2.16. The van der Waals surface area contributed by atoms with E-state index in [1.807, 2.05) is 30.3 Å². The summed E-state index contributed by atoms with van der Waals surface area (Å²) in [6.45, 7) is 0.436. The largest absolute Gasteiger partial charge is 0.508 e. The van der Waals surface area contributed by atoms with Gasteiger partial charge in [-0.1, -0.05) is 42.5 Å². The number of unbranched alkanes of at least 4 members (excludes halogenated alkanes) is 1. The summed E-state index contributed by atoms with van der Waals surface area (Å²) in [6, 6.07) is 12.4. The highest BCUT2D eigenvalue weighted by Crippen LogP contribution is 2.11. The van der Waals surface area contributed by atoms with Crippen LogP contribution < -0.4 is 22.1 Å². The van der Waals surface area contributed by atoms with Crippen molar-refractivity contribution in [2.45, 2.75) is 50.2 Å². The second-order valence-corrected chi connectivity index (χ2v) is 7.91. The van der Waals surface area contributed by atoms with Crippen LogP contribution in [-0.2, 0) is 27.2 Å². The Hall–Kier alpha value is -3.43. The lowest BCUT2D eigenvalue weighted by Gasteiger charge is -2.23. The Morgan fingerprint density at radius 3 is 2.03 bits per heavy atom. The first-order valence-corrected chi connectivity index (χ1v) is 10.9. The highest BCUT2D eigenvalue weighted by molar-refractivity contribution is 5.92. The van der Waals surface area contributed by atoms with Crippen LogP contribution in [-0.4, -0.2) is 52.7 Å². The van der Waals surface area contributed by atoms with E-state index in [1.54, 1.807) is 12.1 Å². The number of nitrogens with two attached hydrogens (primary N) is 2. The van der Waals surface area contributed by atoms with Gasteiger partial charge in [0.05, 0.1) is 6.04 Å². The van der Waals surface area contributed by atoms with Gasteiger partial charge in [0, 0.05) is 6.42 Å². The Kier molecular flexibility index (Phi) is 10.3. The van der Waals surface area contributed by atoms with Gasteiger partial charge in [-0.2, -0.15) is 0 Å². The fraction of sp³-hybridized carbons (Fsp3) is 0.375. The third-order valence-electron chi connectivity index (χ3n) is 5.21. The normalized spacial score (nSPS) is 13.5. The monoisotopic (exact) mass is 456 g/mol. The zero-order valence-corrected chi connectivity index (χ0v) is 18.4. The summed E-state index contributed by atoms with van der Waals surface area (Å²) in [7, 11) is 0. The molecule has 3 atom stereocenters. The van der Waals surface area contributed by atoms with Crippen molar-refractivity contribution >= 4 is 17.8 Å². The van der Waals surface area contributed by atoms with Gasteiger partial charge >= 0.3 is 5.97 Å². The number of nitrogens with one attached hydrogen (secondary N) is 2. The highest BCUT2D eigenvalue weighted by Gasteiger charge is 2.28. The Balaban J connectivity index is 2.09. The van der Waals surface area contributed by atoms with Crippen molar-refractivity contribution in [1.82, 2.24) is 10.6 Å². The summed E-state index contributed by atoms with van der Waals surface area (Å²) >= 11 is 0. The molecule has 0 aliphatic rings. The molecule has 9 heteroatoms. The van der Waals surface area contributed by atoms with Gasteiger partial charge in [0.2, 0.25) is 11.8 Å². The minimum absolute atomic E-state index is 0.107. The Bertz CT molecular complexity index is 905. The topological polar surface area (TPSA) is 168 Å². The van der Waals surface area contributed by atoms with Crippen LogP contribution in [0.5, 0.6) is 5.75 Å². The van der Waals surface area contributed by atoms with E-state index < -0.39 is 35.9 Å². The number of phenolic OH excluding ortho intramolecular Hbond substituents is 1. The first kappa shape index (κ1) is 25.8. The number of phenols is 1. The molecule has 0 bridgehead atoms. The quantitative estimate of drug-likeness (QED) is 0.241. The smallest absolute Gasteiger partial charge is 0.326 e. The van der Waals surface area contributed by atoms with E-state index >= 15 is 0 Å². The van der Waals surface area contributed by atoms with Crippen molar-refractivity contribution in [3.05, 3.63) is 65.7 Å². The molecule has 0 aromatic heterocycles. The number of rotatable bonds is 13. The van der Waals surface area contributed by atoms with Crippen LogP contribution in [0, 0.1) is 0 Å². The maximum atomic E-state index is 13.0. The number of aliphatic carboxylic acids is 1. The van der Waals surface area contributed by atoms with E-state index in [4.69, 9.17) is 11.5 Å². The number of carbonyl (C=O) groups excluding carboxylic acids is 2. The predicted molar refractivity (Wildman–Crippen MR) is 124 cm³/mol. The van der Waals surface area contributed by atoms with Crippen LogP contribution in [0.2, 0.25) is 0 Å². The van der Waals surface area contributed by atoms with Gasteiger partial charge < -0.3 is 32.3 Å². The van der Waals surface area contributed by atoms with Crippen molar-refractivity contribution in [2.75, 3.05) is 6.54 Å². The average Bonchev–Trinajstić information content (AvgIpc) is 2.80. The Morgan fingerprint density at radius 1 is 0.818 bits per heavy atom. The molecule has 0 aliphatic heterocycles. The number of hydrogen-bond donors (Lipinski definition) is 6. The van der Waals surface area contributed by atoms with Gasteiger partial charge in [0.15, 0.2) is 0 Å². The molecule has 0 heterocycles. The maximum Gasteiger partial charge on any atom is 0.326 e. The molecule has 0 spiro atoms. The second-order valence-electron chi connectivity index (χ2n) is 7.91. The number of carboxylic acids is 1. The van der Waals surface area contributed by atoms with Crippen LogP contribution in [0.15, 0.2) is 54.6 Å². The SMILES string of the molecule is NCCCC[C@@H](NC(=O)[C@@H](Cc1ccccc1)NC(=O)[C@H](N)Cc1ccc(O)cc1)C(=O)O. The molecular weight excluding hydrogens is 424 g/mol. The van der Waals surface area contributed by atoms with E-state index in [9.17, 15) is 24.6 Å². The van der Waals surface area contributed by atoms with Crippen molar-refractivity contribution in [3.8, 4) is 5.75 Å². The van der Waals surface area contributed by atoms with Crippen molar-refractivity contribution < 1.29 is 24.6 Å². The average molecular weight is 457 g/mol. The molecule has 2 aromatic carbocycles. The van der Waals surface area contributed by atoms with Gasteiger partial charge in [-0.05, 0) is 55.5 Å². The predicted octanol–water partition coefficient (Wildman–Crippen LogP) is 0.688. The van der Waals surface area contributed by atoms with E-state index in [0.717, 1.165) is 11.1 Å². The summed E-state index contributed by atoms with van der Waals surface area (Å²) < 4.78 is 0. The number of carboxylic acid groups (broad SMARTS) is 1. The molecule has 0 saturated heterocycles. The van der Waals surface area contributed by atoms with Gasteiger partial charge in [0.25, 0.3) is 0 Å². The minimum atomic E-state index is -1.14. The summed E-state index contributed by atoms with van der Waals surface area (Å²) in [5.41, 5.74) is 13.1. The number of carbonyl (C=O) groups is 3. The molecule has 33 heavy (non-hydrogen) atoms. The minimum Gasteiger partial charge on any atom is -0.508 e. The fourth-order valence-corrected chi connectivity index (χ4v) is 3.34. The van der Waals surface area contributed by atoms with Crippen LogP contribution in [0.3, 0.4) is 0 Å². The third-order valence-corrected chi connectivity index (χ3v) is 5.21. The summed E-state index contributed by atoms with van der Waals surface area (Å²) in [4.78, 5) is 37.3. The van der Waals surface area contributed by atoms with Crippen LogP contribution in [0.1, 0.15) is 30.4 Å². The van der Waals surface area contributed by atoms with Crippen LogP contribution in [0.25, 0.3) is 0 Å². The van der Waals surface area contributed by atoms with Gasteiger partial charge in [-0.15, -0.1) is 0 Å². The summed E-state index contributed by atoms with van der Waals surface area (Å²) in [5, 5.41) is 24.1. The first-order chi connectivity index (χ1) is 15.8. The maximum absolute atomic E-state index is 13.0. The number of hydrogen-bond acceptors (Lipinski definition) is 6. The molecule has 0 saturated carbocycles. The Morgan fingerprint density at radius 2 is 1.42 bits per heavy atom. The lowest BCUT2D eigenvalue weighted by atomic mass is 10.0. The molecule has 0 fully saturated rings. The second kappa shape index (κ2) is 13.2. The van der Waals surface area contributed by atoms with Gasteiger partial charge in [0.1, 0.15) is 17.8 Å². The van der Waals surface area contributed by atoms with E-state index in [-0.39, 0.29) is 25.0 Å². The van der Waals surface area contributed by atoms with E-state index in [0.29, 0.717) is 19.4 Å². The lowest BCUT2D eigenvalue weighted by molar-refractivity contribution is -0.142. The van der Waals surface area contributed by atoms with Crippen LogP contribution >= 0.6 is 0 Å². The molecule has 0 unspecified atom stereocenters. The molecular formula is C24H32N4O5. The molecule has 2 rings (SSSR count). The zero-order chi connectivity index (χ0) is 24.2. The summed E-state index contributed by atoms with van der Waals surface area (Å²) in [6.07, 6.45) is 1.84. The van der Waals surface area contributed by atoms with Crippen molar-refractivity contribution in [3.63, 3.8) is 0 Å².